The molecule has 1 aliphatic rings. The summed E-state index contributed by atoms with van der Waals surface area (Å²) in [6.45, 7) is 5.68. The molecule has 0 N–H and O–H groups in total. The quantitative estimate of drug-likeness (QED) is 0.193. The minimum atomic E-state index is -0.877. The van der Waals surface area contributed by atoms with E-state index in [1.807, 2.05) is 43.3 Å². The van der Waals surface area contributed by atoms with Crippen LogP contribution in [0.1, 0.15) is 43.5 Å². The summed E-state index contributed by atoms with van der Waals surface area (Å²) in [5.74, 6) is 0.0986. The normalized spacial score (nSPS) is 14.2. The van der Waals surface area contributed by atoms with E-state index in [-0.39, 0.29) is 24.3 Å². The van der Waals surface area contributed by atoms with Gasteiger partial charge in [-0.05, 0) is 68.3 Å². The number of carbonyl (C=O) groups excluding carboxylic acids is 2. The van der Waals surface area contributed by atoms with Gasteiger partial charge >= 0.3 is 11.9 Å². The average molecular weight is 677 g/mol. The minimum absolute atomic E-state index is 0.143. The van der Waals surface area contributed by atoms with Gasteiger partial charge in [0.25, 0.3) is 5.56 Å². The zero-order chi connectivity index (χ0) is 33.5. The number of allylic oxidation sites excluding steroid dienone is 1. The number of hydrogen-bond acceptors (Lipinski definition) is 10. The summed E-state index contributed by atoms with van der Waals surface area (Å²) in [7, 11) is 1.27. The fourth-order valence-corrected chi connectivity index (χ4v) is 6.16. The van der Waals surface area contributed by atoms with Crippen LogP contribution in [0.15, 0.2) is 87.8 Å². The molecule has 4 aromatic rings. The highest BCUT2D eigenvalue weighted by atomic mass is 35.5. The van der Waals surface area contributed by atoms with Crippen molar-refractivity contribution in [2.24, 2.45) is 4.99 Å². The third kappa shape index (κ3) is 7.58. The summed E-state index contributed by atoms with van der Waals surface area (Å²) < 4.78 is 29.6. The Morgan fingerprint density at radius 3 is 2.45 bits per heavy atom. The first-order valence-electron chi connectivity index (χ1n) is 14.9. The second kappa shape index (κ2) is 15.1. The van der Waals surface area contributed by atoms with Gasteiger partial charge in [0.15, 0.2) is 22.9 Å². The first-order valence-corrected chi connectivity index (χ1v) is 16.1. The van der Waals surface area contributed by atoms with E-state index in [0.717, 1.165) is 5.56 Å². The summed E-state index contributed by atoms with van der Waals surface area (Å²) in [5.41, 5.74) is 2.52. The van der Waals surface area contributed by atoms with Crippen LogP contribution >= 0.6 is 22.9 Å². The van der Waals surface area contributed by atoms with Crippen LogP contribution in [0.3, 0.4) is 0 Å². The second-order valence-electron chi connectivity index (χ2n) is 10.3. The van der Waals surface area contributed by atoms with Crippen molar-refractivity contribution in [2.45, 2.75) is 33.4 Å². The molecule has 0 bridgehead atoms. The SMILES string of the molecule is CCOC(=O)C1=C(C)N=c2s/c(=C/c3ccccc3OCc3ccc(Cl)cc3)c(=O)n2[C@@H]1c1ccc(OCC(=O)OC)c(OCC)c1. The number of methoxy groups -OCH3 is 1. The first kappa shape index (κ1) is 33.5. The van der Waals surface area contributed by atoms with Crippen molar-refractivity contribution in [1.82, 2.24) is 4.57 Å². The molecule has 0 fully saturated rings. The number of rotatable bonds is 12. The van der Waals surface area contributed by atoms with E-state index < -0.39 is 18.0 Å². The molecular formula is C35H33ClN2O8S. The van der Waals surface area contributed by atoms with E-state index in [0.29, 0.717) is 61.6 Å². The lowest BCUT2D eigenvalue weighted by atomic mass is 9.95. The lowest BCUT2D eigenvalue weighted by molar-refractivity contribution is -0.143. The molecule has 0 aliphatic carbocycles. The van der Waals surface area contributed by atoms with Gasteiger partial charge in [0.2, 0.25) is 0 Å². The Morgan fingerprint density at radius 1 is 0.957 bits per heavy atom. The maximum Gasteiger partial charge on any atom is 0.343 e. The fourth-order valence-electron chi connectivity index (χ4n) is 5.00. The summed E-state index contributed by atoms with van der Waals surface area (Å²) in [6.07, 6.45) is 1.76. The van der Waals surface area contributed by atoms with Crippen molar-refractivity contribution in [3.05, 3.63) is 119 Å². The molecule has 3 aromatic carbocycles. The highest BCUT2D eigenvalue weighted by molar-refractivity contribution is 7.07. The van der Waals surface area contributed by atoms with Crippen molar-refractivity contribution >= 4 is 41.0 Å². The van der Waals surface area contributed by atoms with E-state index >= 15 is 0 Å². The third-order valence-corrected chi connectivity index (χ3v) is 8.42. The molecule has 244 valence electrons. The first-order chi connectivity index (χ1) is 22.7. The lowest BCUT2D eigenvalue weighted by Gasteiger charge is -2.25. The van der Waals surface area contributed by atoms with Crippen LogP contribution < -0.4 is 29.1 Å². The van der Waals surface area contributed by atoms with Gasteiger partial charge in [-0.25, -0.2) is 14.6 Å². The number of benzene rings is 3. The maximum atomic E-state index is 14.2. The number of carbonyl (C=O) groups is 2. The van der Waals surface area contributed by atoms with Gasteiger partial charge < -0.3 is 23.7 Å². The van der Waals surface area contributed by atoms with Crippen LogP contribution in [0.4, 0.5) is 0 Å². The van der Waals surface area contributed by atoms with Crippen LogP contribution in [0.25, 0.3) is 6.08 Å². The number of nitrogens with zero attached hydrogens (tertiary/aromatic N) is 2. The van der Waals surface area contributed by atoms with Gasteiger partial charge in [-0.3, -0.25) is 9.36 Å². The molecule has 0 unspecified atom stereocenters. The van der Waals surface area contributed by atoms with E-state index in [9.17, 15) is 14.4 Å². The lowest BCUT2D eigenvalue weighted by Crippen LogP contribution is -2.40. The molecule has 0 saturated heterocycles. The Balaban J connectivity index is 1.59. The topological polar surface area (TPSA) is 115 Å². The number of halogens is 1. The van der Waals surface area contributed by atoms with Gasteiger partial charge in [-0.15, -0.1) is 0 Å². The maximum absolute atomic E-state index is 14.2. The van der Waals surface area contributed by atoms with Gasteiger partial charge in [0, 0.05) is 10.6 Å². The molecule has 0 amide bonds. The summed E-state index contributed by atoms with van der Waals surface area (Å²) in [4.78, 5) is 44.3. The molecule has 1 aromatic heterocycles. The Labute approximate surface area is 280 Å². The van der Waals surface area contributed by atoms with Gasteiger partial charge in [0.1, 0.15) is 12.4 Å². The number of hydrogen-bond donors (Lipinski definition) is 0. The molecule has 0 radical (unpaired) electrons. The predicted octanol–water partition coefficient (Wildman–Crippen LogP) is 4.98. The Morgan fingerprint density at radius 2 is 1.72 bits per heavy atom. The van der Waals surface area contributed by atoms with Gasteiger partial charge in [-0.1, -0.05) is 59.3 Å². The zero-order valence-corrected chi connectivity index (χ0v) is 27.9. The molecule has 47 heavy (non-hydrogen) atoms. The number of aromatic nitrogens is 1. The predicted molar refractivity (Wildman–Crippen MR) is 178 cm³/mol. The Kier molecular flexibility index (Phi) is 10.8. The second-order valence-corrected chi connectivity index (χ2v) is 11.7. The monoisotopic (exact) mass is 676 g/mol. The minimum Gasteiger partial charge on any atom is -0.490 e. The number of para-hydroxylation sites is 1. The van der Waals surface area contributed by atoms with Crippen LogP contribution in [-0.2, 0) is 25.7 Å². The zero-order valence-electron chi connectivity index (χ0n) is 26.3. The highest BCUT2D eigenvalue weighted by Gasteiger charge is 2.34. The van der Waals surface area contributed by atoms with Crippen LogP contribution in [0.2, 0.25) is 5.02 Å². The molecule has 10 nitrogen and oxygen atoms in total. The average Bonchev–Trinajstić information content (AvgIpc) is 3.37. The number of thiazole rings is 1. The van der Waals surface area contributed by atoms with Crippen LogP contribution in [0.5, 0.6) is 17.2 Å². The summed E-state index contributed by atoms with van der Waals surface area (Å²) in [6, 6.07) is 19.0. The molecule has 1 aliphatic heterocycles. The van der Waals surface area contributed by atoms with Crippen molar-refractivity contribution in [1.29, 1.82) is 0 Å². The largest absolute Gasteiger partial charge is 0.490 e. The highest BCUT2D eigenvalue weighted by Crippen LogP contribution is 2.36. The molecule has 5 rings (SSSR count). The van der Waals surface area contributed by atoms with Crippen molar-refractivity contribution in [3.63, 3.8) is 0 Å². The Bertz CT molecular complexity index is 2000. The van der Waals surface area contributed by atoms with Crippen molar-refractivity contribution < 1.29 is 33.3 Å². The van der Waals surface area contributed by atoms with Gasteiger partial charge in [-0.2, -0.15) is 0 Å². The number of ether oxygens (including phenoxy) is 5. The number of fused-ring (bicyclic) bond motifs is 1. The molecule has 1 atom stereocenters. The standard InChI is InChI=1S/C35H33ClN2O8S/c1-5-43-28-17-24(13-16-27(28)46-20-30(39)42-4)32-31(34(41)44-6-2)21(3)37-35-38(32)33(40)29(47-35)18-23-9-7-8-10-26(23)45-19-22-11-14-25(36)15-12-22/h7-18,32H,5-6,19-20H2,1-4H3/b29-18+/t32-/m1/s1. The van der Waals surface area contributed by atoms with Crippen LogP contribution in [-0.4, -0.2) is 43.4 Å². The Hall–Kier alpha value is -4.87. The molecular weight excluding hydrogens is 644 g/mol. The van der Waals surface area contributed by atoms with Crippen LogP contribution in [0, 0.1) is 0 Å². The molecule has 0 saturated carbocycles. The van der Waals surface area contributed by atoms with Gasteiger partial charge in [0.05, 0.1) is 42.2 Å². The number of esters is 2. The molecule has 2 heterocycles. The van der Waals surface area contributed by atoms with Crippen molar-refractivity contribution in [3.8, 4) is 17.2 Å². The molecule has 0 spiro atoms. The van der Waals surface area contributed by atoms with E-state index in [1.54, 1.807) is 50.3 Å². The summed E-state index contributed by atoms with van der Waals surface area (Å²) in [5, 5.41) is 0.640. The fraction of sp³-hybridized carbons (Fsp3) is 0.257. The summed E-state index contributed by atoms with van der Waals surface area (Å²) >= 11 is 7.23. The van der Waals surface area contributed by atoms with E-state index in [2.05, 4.69) is 9.73 Å². The van der Waals surface area contributed by atoms with E-state index in [4.69, 9.17) is 30.5 Å². The van der Waals surface area contributed by atoms with E-state index in [1.165, 1.54) is 23.0 Å². The van der Waals surface area contributed by atoms with Crippen molar-refractivity contribution in [2.75, 3.05) is 26.9 Å². The molecule has 12 heteroatoms. The smallest absolute Gasteiger partial charge is 0.343 e. The third-order valence-electron chi connectivity index (χ3n) is 7.19.